The molecule has 0 radical (unpaired) electrons. The number of hydrogen-bond acceptors (Lipinski definition) is 3. The Balaban J connectivity index is 0.00000169. The highest BCUT2D eigenvalue weighted by molar-refractivity contribution is 5.85. The summed E-state index contributed by atoms with van der Waals surface area (Å²) in [5, 5.41) is 10.3. The van der Waals surface area contributed by atoms with E-state index in [1.807, 2.05) is 0 Å². The van der Waals surface area contributed by atoms with Gasteiger partial charge in [0.1, 0.15) is 6.67 Å². The quantitative estimate of drug-likeness (QED) is 0.626. The monoisotopic (exact) mass is 220 g/mol. The number of nitrogens with two attached hydrogens (primary N) is 1. The second kappa shape index (κ2) is 5.51. The molecule has 0 aliphatic rings. The fraction of sp³-hybridized carbons (Fsp3) is 0.250. The average molecular weight is 221 g/mol. The summed E-state index contributed by atoms with van der Waals surface area (Å²) in [6.45, 7) is -0.721. The number of halogens is 2. The Morgan fingerprint density at radius 2 is 2.21 bits per heavy atom. The fourth-order valence-corrected chi connectivity index (χ4v) is 0.958. The van der Waals surface area contributed by atoms with Gasteiger partial charge in [-0.3, -0.25) is 10.1 Å². The molecule has 0 aromatic heterocycles. The summed E-state index contributed by atoms with van der Waals surface area (Å²) in [4.78, 5) is 9.80. The van der Waals surface area contributed by atoms with Crippen LogP contribution in [0.25, 0.3) is 0 Å². The van der Waals surface area contributed by atoms with E-state index in [9.17, 15) is 14.5 Å². The fourth-order valence-electron chi connectivity index (χ4n) is 0.958. The van der Waals surface area contributed by atoms with Gasteiger partial charge in [-0.1, -0.05) is 12.1 Å². The lowest BCUT2D eigenvalue weighted by atomic mass is 10.1. The molecule has 0 saturated carbocycles. The Kier molecular flexibility index (Phi) is 5.04. The van der Waals surface area contributed by atoms with Crippen molar-refractivity contribution in [3.8, 4) is 0 Å². The molecule has 0 aliphatic heterocycles. The largest absolute Gasteiger partial charge is 0.322 e. The third-order valence-corrected chi connectivity index (χ3v) is 1.68. The average Bonchev–Trinajstić information content (AvgIpc) is 2.17. The lowest BCUT2D eigenvalue weighted by Crippen LogP contribution is -2.12. The van der Waals surface area contributed by atoms with Crippen molar-refractivity contribution in [2.75, 3.05) is 6.67 Å². The van der Waals surface area contributed by atoms with Crippen LogP contribution in [0.5, 0.6) is 0 Å². The van der Waals surface area contributed by atoms with Crippen molar-refractivity contribution in [3.05, 3.63) is 39.9 Å². The van der Waals surface area contributed by atoms with Gasteiger partial charge in [0.15, 0.2) is 0 Å². The SMILES string of the molecule is Cl.N[C@H](CF)c1cccc([N+](=O)[O-])c1. The summed E-state index contributed by atoms with van der Waals surface area (Å²) in [5.74, 6) is 0. The minimum atomic E-state index is -0.778. The van der Waals surface area contributed by atoms with Crippen LogP contribution in [-0.4, -0.2) is 11.6 Å². The minimum Gasteiger partial charge on any atom is -0.322 e. The van der Waals surface area contributed by atoms with E-state index >= 15 is 0 Å². The third-order valence-electron chi connectivity index (χ3n) is 1.68. The van der Waals surface area contributed by atoms with E-state index in [4.69, 9.17) is 5.73 Å². The molecular weight excluding hydrogens is 211 g/mol. The Morgan fingerprint density at radius 1 is 1.57 bits per heavy atom. The standard InChI is InChI=1S/C8H9FN2O2.ClH/c9-5-8(10)6-2-1-3-7(4-6)11(12)13;/h1-4,8H,5,10H2;1H/t8-;/m1./s1. The molecule has 0 heterocycles. The molecule has 0 amide bonds. The second-order valence-corrected chi connectivity index (χ2v) is 2.61. The van der Waals surface area contributed by atoms with Crippen LogP contribution in [0.2, 0.25) is 0 Å². The van der Waals surface area contributed by atoms with Gasteiger partial charge in [0, 0.05) is 12.1 Å². The van der Waals surface area contributed by atoms with E-state index in [-0.39, 0.29) is 18.1 Å². The molecule has 0 unspecified atom stereocenters. The molecule has 0 fully saturated rings. The van der Waals surface area contributed by atoms with E-state index in [0.29, 0.717) is 5.56 Å². The van der Waals surface area contributed by atoms with Gasteiger partial charge >= 0.3 is 0 Å². The molecule has 1 rings (SSSR count). The molecule has 1 aromatic rings. The molecule has 1 atom stereocenters. The first-order valence-corrected chi connectivity index (χ1v) is 3.71. The van der Waals surface area contributed by atoms with Gasteiger partial charge in [0.2, 0.25) is 0 Å². The van der Waals surface area contributed by atoms with Crippen LogP contribution < -0.4 is 5.73 Å². The highest BCUT2D eigenvalue weighted by Gasteiger charge is 2.10. The van der Waals surface area contributed by atoms with Crippen LogP contribution in [0.1, 0.15) is 11.6 Å². The smallest absolute Gasteiger partial charge is 0.269 e. The number of nitro groups is 1. The van der Waals surface area contributed by atoms with Crippen LogP contribution in [0.3, 0.4) is 0 Å². The molecule has 4 nitrogen and oxygen atoms in total. The van der Waals surface area contributed by atoms with Gasteiger partial charge in [0.25, 0.3) is 5.69 Å². The van der Waals surface area contributed by atoms with Crippen molar-refractivity contribution in [2.24, 2.45) is 5.73 Å². The van der Waals surface area contributed by atoms with Crippen LogP contribution in [-0.2, 0) is 0 Å². The number of rotatable bonds is 3. The maximum Gasteiger partial charge on any atom is 0.269 e. The Hall–Kier alpha value is -1.20. The molecule has 0 bridgehead atoms. The van der Waals surface area contributed by atoms with Crippen molar-refractivity contribution in [1.29, 1.82) is 0 Å². The van der Waals surface area contributed by atoms with Crippen LogP contribution in [0.15, 0.2) is 24.3 Å². The van der Waals surface area contributed by atoms with E-state index in [2.05, 4.69) is 0 Å². The number of alkyl halides is 1. The lowest BCUT2D eigenvalue weighted by Gasteiger charge is -2.05. The highest BCUT2D eigenvalue weighted by Crippen LogP contribution is 2.17. The van der Waals surface area contributed by atoms with Gasteiger partial charge in [-0.15, -0.1) is 12.4 Å². The summed E-state index contributed by atoms with van der Waals surface area (Å²) < 4.78 is 12.1. The second-order valence-electron chi connectivity index (χ2n) is 2.61. The Labute approximate surface area is 86.5 Å². The molecule has 1 aromatic carbocycles. The van der Waals surface area contributed by atoms with Crippen LogP contribution in [0, 0.1) is 10.1 Å². The maximum absolute atomic E-state index is 12.1. The molecule has 78 valence electrons. The summed E-state index contributed by atoms with van der Waals surface area (Å²) in [5.41, 5.74) is 5.74. The van der Waals surface area contributed by atoms with Crippen molar-refractivity contribution >= 4 is 18.1 Å². The van der Waals surface area contributed by atoms with Crippen molar-refractivity contribution in [2.45, 2.75) is 6.04 Å². The van der Waals surface area contributed by atoms with Gasteiger partial charge in [-0.25, -0.2) is 4.39 Å². The number of benzene rings is 1. The lowest BCUT2D eigenvalue weighted by molar-refractivity contribution is -0.384. The molecule has 14 heavy (non-hydrogen) atoms. The summed E-state index contributed by atoms with van der Waals surface area (Å²) in [6, 6.07) is 4.90. The third kappa shape index (κ3) is 2.93. The first-order chi connectivity index (χ1) is 6.15. The van der Waals surface area contributed by atoms with Gasteiger partial charge in [-0.05, 0) is 5.56 Å². The first kappa shape index (κ1) is 12.8. The van der Waals surface area contributed by atoms with Crippen molar-refractivity contribution in [1.82, 2.24) is 0 Å². The summed E-state index contributed by atoms with van der Waals surface area (Å²) >= 11 is 0. The predicted molar refractivity (Wildman–Crippen MR) is 53.2 cm³/mol. The predicted octanol–water partition coefficient (Wildman–Crippen LogP) is 1.99. The normalized spacial score (nSPS) is 11.6. The number of hydrogen-bond donors (Lipinski definition) is 1. The number of nitro benzene ring substituents is 1. The van der Waals surface area contributed by atoms with Crippen LogP contribution in [0.4, 0.5) is 10.1 Å². The highest BCUT2D eigenvalue weighted by atomic mass is 35.5. The molecule has 6 heteroatoms. The molecule has 0 spiro atoms. The maximum atomic E-state index is 12.1. The van der Waals surface area contributed by atoms with Crippen molar-refractivity contribution in [3.63, 3.8) is 0 Å². The van der Waals surface area contributed by atoms with E-state index in [1.54, 1.807) is 6.07 Å². The van der Waals surface area contributed by atoms with Gasteiger partial charge in [-0.2, -0.15) is 0 Å². The zero-order valence-electron chi connectivity index (χ0n) is 7.22. The van der Waals surface area contributed by atoms with Gasteiger partial charge in [0.05, 0.1) is 11.0 Å². The summed E-state index contributed by atoms with van der Waals surface area (Å²) in [6.07, 6.45) is 0. The zero-order chi connectivity index (χ0) is 9.84. The van der Waals surface area contributed by atoms with Gasteiger partial charge < -0.3 is 5.73 Å². The van der Waals surface area contributed by atoms with Crippen molar-refractivity contribution < 1.29 is 9.31 Å². The zero-order valence-corrected chi connectivity index (χ0v) is 8.04. The van der Waals surface area contributed by atoms with E-state index < -0.39 is 17.6 Å². The first-order valence-electron chi connectivity index (χ1n) is 3.71. The van der Waals surface area contributed by atoms with Crippen LogP contribution >= 0.6 is 12.4 Å². The molecular formula is C8H10ClFN2O2. The van der Waals surface area contributed by atoms with E-state index in [0.717, 1.165) is 0 Å². The molecule has 2 N–H and O–H groups in total. The molecule has 0 saturated heterocycles. The topological polar surface area (TPSA) is 69.2 Å². The Bertz CT molecular complexity index is 322. The minimum absolute atomic E-state index is 0. The van der Waals surface area contributed by atoms with E-state index in [1.165, 1.54) is 18.2 Å². The number of nitrogens with zero attached hydrogens (tertiary/aromatic N) is 1. The molecule has 0 aliphatic carbocycles. The Morgan fingerprint density at radius 3 is 2.71 bits per heavy atom. The summed E-state index contributed by atoms with van der Waals surface area (Å²) in [7, 11) is 0. The number of non-ortho nitro benzene ring substituents is 1.